The molecule has 4 nitrogen and oxygen atoms in total. The molecule has 0 atom stereocenters. The van der Waals surface area contributed by atoms with Gasteiger partial charge in [-0.15, -0.1) is 0 Å². The highest BCUT2D eigenvalue weighted by molar-refractivity contribution is 7.98. The molecule has 0 spiro atoms. The van der Waals surface area contributed by atoms with E-state index in [-0.39, 0.29) is 16.6 Å². The van der Waals surface area contributed by atoms with Crippen LogP contribution in [0.5, 0.6) is 0 Å². The lowest BCUT2D eigenvalue weighted by atomic mass is 10.2. The Hall–Kier alpha value is -1.59. The van der Waals surface area contributed by atoms with Gasteiger partial charge >= 0.3 is 0 Å². The van der Waals surface area contributed by atoms with E-state index in [1.54, 1.807) is 0 Å². The molecular formula is C13H12ClN3OS. The predicted octanol–water partition coefficient (Wildman–Crippen LogP) is 3.41. The van der Waals surface area contributed by atoms with E-state index >= 15 is 0 Å². The lowest BCUT2D eigenvalue weighted by molar-refractivity contribution is 0.102. The lowest BCUT2D eigenvalue weighted by Gasteiger charge is -2.06. The Morgan fingerprint density at radius 1 is 1.32 bits per heavy atom. The van der Waals surface area contributed by atoms with Crippen LogP contribution in [0.15, 0.2) is 35.6 Å². The second-order valence-electron chi connectivity index (χ2n) is 3.88. The Morgan fingerprint density at radius 2 is 2.00 bits per heavy atom. The number of nitrogens with zero attached hydrogens (tertiary/aromatic N) is 2. The Kier molecular flexibility index (Phi) is 4.39. The molecule has 1 amide bonds. The molecule has 1 N–H and O–H groups in total. The van der Waals surface area contributed by atoms with Gasteiger partial charge in [0.05, 0.1) is 5.56 Å². The zero-order valence-electron chi connectivity index (χ0n) is 10.5. The van der Waals surface area contributed by atoms with Gasteiger partial charge in [0.25, 0.3) is 5.91 Å². The fourth-order valence-electron chi connectivity index (χ4n) is 1.43. The van der Waals surface area contributed by atoms with Crippen LogP contribution in [0, 0.1) is 6.92 Å². The molecule has 1 aromatic carbocycles. The van der Waals surface area contributed by atoms with Crippen LogP contribution in [-0.2, 0) is 0 Å². The molecule has 1 heterocycles. The fraction of sp³-hybridized carbons (Fsp3) is 0.154. The van der Waals surface area contributed by atoms with E-state index in [1.165, 1.54) is 18.0 Å². The molecule has 0 fully saturated rings. The molecular weight excluding hydrogens is 282 g/mol. The summed E-state index contributed by atoms with van der Waals surface area (Å²) in [5, 5.41) is 3.45. The Balaban J connectivity index is 2.18. The van der Waals surface area contributed by atoms with E-state index in [0.717, 1.165) is 5.56 Å². The van der Waals surface area contributed by atoms with Crippen LogP contribution in [0.4, 0.5) is 5.69 Å². The molecule has 2 rings (SSSR count). The number of carbonyl (C=O) groups excluding carboxylic acids is 1. The first-order valence-electron chi connectivity index (χ1n) is 5.54. The molecule has 19 heavy (non-hydrogen) atoms. The molecule has 0 aliphatic heterocycles. The molecule has 0 aliphatic carbocycles. The summed E-state index contributed by atoms with van der Waals surface area (Å²) in [5.41, 5.74) is 2.10. The highest BCUT2D eigenvalue weighted by Crippen LogP contribution is 2.18. The van der Waals surface area contributed by atoms with E-state index in [4.69, 9.17) is 11.6 Å². The van der Waals surface area contributed by atoms with Crippen molar-refractivity contribution in [1.29, 1.82) is 0 Å². The molecule has 0 radical (unpaired) electrons. The average Bonchev–Trinajstić information content (AvgIpc) is 2.41. The zero-order chi connectivity index (χ0) is 13.8. The lowest BCUT2D eigenvalue weighted by Crippen LogP contribution is -2.13. The van der Waals surface area contributed by atoms with Gasteiger partial charge in [0.1, 0.15) is 5.15 Å². The number of hydrogen-bond acceptors (Lipinski definition) is 4. The van der Waals surface area contributed by atoms with Crippen molar-refractivity contribution in [2.45, 2.75) is 12.1 Å². The summed E-state index contributed by atoms with van der Waals surface area (Å²) in [6.07, 6.45) is 3.28. The summed E-state index contributed by atoms with van der Waals surface area (Å²) < 4.78 is 0. The summed E-state index contributed by atoms with van der Waals surface area (Å²) >= 11 is 7.34. The Bertz CT molecular complexity index is 601. The zero-order valence-corrected chi connectivity index (χ0v) is 12.0. The summed E-state index contributed by atoms with van der Waals surface area (Å²) in [5.74, 6) is -0.318. The van der Waals surface area contributed by atoms with Crippen LogP contribution in [0.2, 0.25) is 5.15 Å². The van der Waals surface area contributed by atoms with Crippen molar-refractivity contribution in [1.82, 2.24) is 9.97 Å². The van der Waals surface area contributed by atoms with Crippen molar-refractivity contribution in [3.63, 3.8) is 0 Å². The predicted molar refractivity (Wildman–Crippen MR) is 78.0 cm³/mol. The number of aryl methyl sites for hydroxylation is 1. The maximum atomic E-state index is 12.0. The third kappa shape index (κ3) is 3.45. The number of benzene rings is 1. The van der Waals surface area contributed by atoms with Crippen molar-refractivity contribution in [3.8, 4) is 0 Å². The van der Waals surface area contributed by atoms with E-state index < -0.39 is 0 Å². The summed E-state index contributed by atoms with van der Waals surface area (Å²) in [6, 6.07) is 7.51. The highest BCUT2D eigenvalue weighted by Gasteiger charge is 2.13. The van der Waals surface area contributed by atoms with Gasteiger partial charge in [-0.2, -0.15) is 0 Å². The molecule has 98 valence electrons. The van der Waals surface area contributed by atoms with Gasteiger partial charge in [-0.3, -0.25) is 4.79 Å². The topological polar surface area (TPSA) is 54.9 Å². The number of halogens is 1. The molecule has 6 heteroatoms. The molecule has 0 saturated heterocycles. The van der Waals surface area contributed by atoms with Crippen molar-refractivity contribution in [2.24, 2.45) is 0 Å². The number of rotatable bonds is 3. The smallest absolute Gasteiger partial charge is 0.260 e. The fourth-order valence-corrected chi connectivity index (χ4v) is 2.04. The number of hydrogen-bond donors (Lipinski definition) is 1. The standard InChI is InChI=1S/C13H12ClN3OS/c1-8-3-5-9(6-4-8)16-12(18)10-7-15-13(19-2)17-11(10)14/h3-7H,1-2H3,(H,16,18). The van der Waals surface area contributed by atoms with Crippen LogP contribution in [-0.4, -0.2) is 22.1 Å². The summed E-state index contributed by atoms with van der Waals surface area (Å²) in [7, 11) is 0. The first-order valence-corrected chi connectivity index (χ1v) is 7.15. The molecule has 0 unspecified atom stereocenters. The van der Waals surface area contributed by atoms with Gasteiger partial charge in [0, 0.05) is 11.9 Å². The molecule has 0 bridgehead atoms. The van der Waals surface area contributed by atoms with Crippen molar-refractivity contribution >= 4 is 35.0 Å². The third-order valence-corrected chi connectivity index (χ3v) is 3.31. The minimum absolute atomic E-state index is 0.156. The maximum Gasteiger partial charge on any atom is 0.260 e. The molecule has 0 saturated carbocycles. The minimum atomic E-state index is -0.318. The first kappa shape index (κ1) is 13.8. The van der Waals surface area contributed by atoms with Gasteiger partial charge in [-0.1, -0.05) is 41.1 Å². The second-order valence-corrected chi connectivity index (χ2v) is 5.01. The third-order valence-electron chi connectivity index (χ3n) is 2.46. The van der Waals surface area contributed by atoms with Gasteiger partial charge in [0.15, 0.2) is 5.16 Å². The van der Waals surface area contributed by atoms with Gasteiger partial charge in [-0.05, 0) is 25.3 Å². The van der Waals surface area contributed by atoms with Crippen LogP contribution in [0.1, 0.15) is 15.9 Å². The number of amides is 1. The van der Waals surface area contributed by atoms with Gasteiger partial charge < -0.3 is 5.32 Å². The van der Waals surface area contributed by atoms with Crippen molar-refractivity contribution in [2.75, 3.05) is 11.6 Å². The first-order chi connectivity index (χ1) is 9.10. The molecule has 1 aromatic heterocycles. The second kappa shape index (κ2) is 6.04. The van der Waals surface area contributed by atoms with E-state index in [1.807, 2.05) is 37.4 Å². The van der Waals surface area contributed by atoms with Gasteiger partial charge in [-0.25, -0.2) is 9.97 Å². The van der Waals surface area contributed by atoms with Crippen LogP contribution >= 0.6 is 23.4 Å². The number of thioether (sulfide) groups is 1. The Labute approximate surface area is 120 Å². The largest absolute Gasteiger partial charge is 0.322 e. The average molecular weight is 294 g/mol. The Morgan fingerprint density at radius 3 is 2.58 bits per heavy atom. The SMILES string of the molecule is CSc1ncc(C(=O)Nc2ccc(C)cc2)c(Cl)n1. The van der Waals surface area contributed by atoms with E-state index in [2.05, 4.69) is 15.3 Å². The van der Waals surface area contributed by atoms with Crippen LogP contribution in [0.25, 0.3) is 0 Å². The van der Waals surface area contributed by atoms with E-state index in [9.17, 15) is 4.79 Å². The van der Waals surface area contributed by atoms with Crippen LogP contribution < -0.4 is 5.32 Å². The van der Waals surface area contributed by atoms with Gasteiger partial charge in [0.2, 0.25) is 0 Å². The number of nitrogens with one attached hydrogen (secondary N) is 1. The highest BCUT2D eigenvalue weighted by atomic mass is 35.5. The monoisotopic (exact) mass is 293 g/mol. The van der Waals surface area contributed by atoms with Crippen molar-refractivity contribution < 1.29 is 4.79 Å². The number of anilines is 1. The quantitative estimate of drug-likeness (QED) is 0.535. The normalized spacial score (nSPS) is 10.3. The number of aromatic nitrogens is 2. The number of carbonyl (C=O) groups is 1. The van der Waals surface area contributed by atoms with Crippen LogP contribution in [0.3, 0.4) is 0 Å². The van der Waals surface area contributed by atoms with E-state index in [0.29, 0.717) is 10.8 Å². The molecule has 0 aliphatic rings. The van der Waals surface area contributed by atoms with Crippen molar-refractivity contribution in [3.05, 3.63) is 46.7 Å². The maximum absolute atomic E-state index is 12.0. The molecule has 2 aromatic rings. The summed E-state index contributed by atoms with van der Waals surface area (Å²) in [6.45, 7) is 1.98. The minimum Gasteiger partial charge on any atom is -0.322 e. The summed E-state index contributed by atoms with van der Waals surface area (Å²) in [4.78, 5) is 20.1.